The average molecular weight is 224 g/mol. The van der Waals surface area contributed by atoms with Crippen molar-refractivity contribution in [2.45, 2.75) is 18.9 Å². The first kappa shape index (κ1) is 12.2. The van der Waals surface area contributed by atoms with Crippen LogP contribution in [0.5, 0.6) is 0 Å². The van der Waals surface area contributed by atoms with Crippen molar-refractivity contribution in [2.24, 2.45) is 0 Å². The van der Waals surface area contributed by atoms with Crippen LogP contribution >= 0.6 is 0 Å². The third-order valence-electron chi connectivity index (χ3n) is 2.26. The highest BCUT2D eigenvalue weighted by molar-refractivity contribution is 5.85. The lowest BCUT2D eigenvalue weighted by Crippen LogP contribution is -2.37. The van der Waals surface area contributed by atoms with Crippen molar-refractivity contribution in [2.75, 3.05) is 0 Å². The van der Waals surface area contributed by atoms with Crippen LogP contribution in [-0.4, -0.2) is 27.3 Å². The molecule has 0 aliphatic heterocycles. The van der Waals surface area contributed by atoms with Gasteiger partial charge in [0.25, 0.3) is 0 Å². The normalized spacial score (nSPS) is 14.1. The molecular weight excluding hydrogens is 212 g/mol. The van der Waals surface area contributed by atoms with E-state index in [1.807, 2.05) is 0 Å². The molecule has 0 fully saturated rings. The lowest BCUT2D eigenvalue weighted by Gasteiger charge is -2.22. The second kappa shape index (κ2) is 4.32. The number of aliphatic carboxylic acids is 2. The second-order valence-corrected chi connectivity index (χ2v) is 3.61. The van der Waals surface area contributed by atoms with E-state index in [4.69, 9.17) is 10.2 Å². The molecular formula is C11H12O5. The third kappa shape index (κ3) is 2.38. The second-order valence-electron chi connectivity index (χ2n) is 3.61. The van der Waals surface area contributed by atoms with Gasteiger partial charge in [-0.1, -0.05) is 29.8 Å². The summed E-state index contributed by atoms with van der Waals surface area (Å²) >= 11 is 0. The van der Waals surface area contributed by atoms with Crippen LogP contribution in [0.25, 0.3) is 0 Å². The Morgan fingerprint density at radius 1 is 1.31 bits per heavy atom. The summed E-state index contributed by atoms with van der Waals surface area (Å²) in [5.74, 6) is -2.94. The largest absolute Gasteiger partial charge is 0.481 e. The minimum atomic E-state index is -2.38. The Morgan fingerprint density at radius 2 is 1.94 bits per heavy atom. The SMILES string of the molecule is Cc1cccc(C(O)(CC(=O)O)C(=O)O)c1. The predicted molar refractivity (Wildman–Crippen MR) is 55.0 cm³/mol. The Balaban J connectivity index is 3.21. The van der Waals surface area contributed by atoms with Crippen LogP contribution in [0, 0.1) is 6.92 Å². The van der Waals surface area contributed by atoms with E-state index in [1.54, 1.807) is 19.1 Å². The van der Waals surface area contributed by atoms with Crippen LogP contribution in [0.2, 0.25) is 0 Å². The highest BCUT2D eigenvalue weighted by atomic mass is 16.4. The minimum Gasteiger partial charge on any atom is -0.481 e. The number of benzene rings is 1. The monoisotopic (exact) mass is 224 g/mol. The summed E-state index contributed by atoms with van der Waals surface area (Å²) in [6, 6.07) is 6.15. The zero-order valence-corrected chi connectivity index (χ0v) is 8.67. The number of hydrogen-bond acceptors (Lipinski definition) is 3. The van der Waals surface area contributed by atoms with Gasteiger partial charge in [0.05, 0.1) is 6.42 Å². The van der Waals surface area contributed by atoms with Crippen LogP contribution in [-0.2, 0) is 15.2 Å². The molecule has 0 bridgehead atoms. The molecule has 1 aromatic carbocycles. The van der Waals surface area contributed by atoms with E-state index in [0.717, 1.165) is 5.56 Å². The molecule has 86 valence electrons. The van der Waals surface area contributed by atoms with Crippen molar-refractivity contribution in [1.82, 2.24) is 0 Å². The molecule has 1 aromatic rings. The molecule has 0 aromatic heterocycles. The highest BCUT2D eigenvalue weighted by Gasteiger charge is 2.40. The zero-order chi connectivity index (χ0) is 12.3. The summed E-state index contributed by atoms with van der Waals surface area (Å²) in [6.07, 6.45) is -0.869. The molecule has 0 spiro atoms. The van der Waals surface area contributed by atoms with Gasteiger partial charge in [0.15, 0.2) is 5.60 Å². The van der Waals surface area contributed by atoms with Gasteiger partial charge in [-0.15, -0.1) is 0 Å². The Kier molecular flexibility index (Phi) is 3.29. The molecule has 16 heavy (non-hydrogen) atoms. The van der Waals surface area contributed by atoms with Gasteiger partial charge in [0.2, 0.25) is 0 Å². The molecule has 0 saturated heterocycles. The topological polar surface area (TPSA) is 94.8 Å². The lowest BCUT2D eigenvalue weighted by atomic mass is 9.89. The van der Waals surface area contributed by atoms with E-state index < -0.39 is 24.0 Å². The van der Waals surface area contributed by atoms with E-state index in [-0.39, 0.29) is 5.56 Å². The first-order valence-corrected chi connectivity index (χ1v) is 4.61. The van der Waals surface area contributed by atoms with Crippen molar-refractivity contribution < 1.29 is 24.9 Å². The number of hydrogen-bond donors (Lipinski definition) is 3. The molecule has 5 nitrogen and oxygen atoms in total. The molecule has 1 rings (SSSR count). The number of carboxylic acids is 2. The fourth-order valence-corrected chi connectivity index (χ4v) is 1.42. The summed E-state index contributed by atoms with van der Waals surface area (Å²) < 4.78 is 0. The number of carbonyl (C=O) groups is 2. The molecule has 1 atom stereocenters. The Labute approximate surface area is 92.0 Å². The summed E-state index contributed by atoms with van der Waals surface area (Å²) in [4.78, 5) is 21.5. The minimum absolute atomic E-state index is 0.0717. The number of aryl methyl sites for hydroxylation is 1. The maximum atomic E-state index is 11.0. The average Bonchev–Trinajstić information content (AvgIpc) is 2.16. The van der Waals surface area contributed by atoms with Gasteiger partial charge >= 0.3 is 11.9 Å². The summed E-state index contributed by atoms with van der Waals surface area (Å²) in [6.45, 7) is 1.73. The van der Waals surface area contributed by atoms with E-state index in [0.29, 0.717) is 0 Å². The quantitative estimate of drug-likeness (QED) is 0.701. The highest BCUT2D eigenvalue weighted by Crippen LogP contribution is 2.26. The maximum absolute atomic E-state index is 11.0. The van der Waals surface area contributed by atoms with Gasteiger partial charge in [0, 0.05) is 0 Å². The van der Waals surface area contributed by atoms with Crippen molar-refractivity contribution in [1.29, 1.82) is 0 Å². The van der Waals surface area contributed by atoms with Gasteiger partial charge < -0.3 is 15.3 Å². The summed E-state index contributed by atoms with van der Waals surface area (Å²) in [5.41, 5.74) is -1.55. The van der Waals surface area contributed by atoms with E-state index in [9.17, 15) is 14.7 Å². The molecule has 3 N–H and O–H groups in total. The molecule has 0 aliphatic rings. The maximum Gasteiger partial charge on any atom is 0.341 e. The molecule has 0 radical (unpaired) electrons. The van der Waals surface area contributed by atoms with E-state index in [2.05, 4.69) is 0 Å². The number of carboxylic acid groups (broad SMARTS) is 2. The van der Waals surface area contributed by atoms with Crippen LogP contribution in [0.4, 0.5) is 0 Å². The van der Waals surface area contributed by atoms with E-state index >= 15 is 0 Å². The Hall–Kier alpha value is -1.88. The van der Waals surface area contributed by atoms with E-state index in [1.165, 1.54) is 12.1 Å². The summed E-state index contributed by atoms with van der Waals surface area (Å²) in [5, 5.41) is 27.4. The predicted octanol–water partition coefficient (Wildman–Crippen LogP) is 0.742. The van der Waals surface area contributed by atoms with Gasteiger partial charge in [-0.25, -0.2) is 4.79 Å². The van der Waals surface area contributed by atoms with Crippen molar-refractivity contribution in [3.63, 3.8) is 0 Å². The number of aliphatic hydroxyl groups is 1. The number of rotatable bonds is 4. The van der Waals surface area contributed by atoms with Gasteiger partial charge in [-0.3, -0.25) is 4.79 Å². The first-order chi connectivity index (χ1) is 7.36. The molecule has 5 heteroatoms. The first-order valence-electron chi connectivity index (χ1n) is 4.61. The van der Waals surface area contributed by atoms with Gasteiger partial charge in [-0.05, 0) is 12.5 Å². The Bertz CT molecular complexity index is 426. The molecule has 0 heterocycles. The van der Waals surface area contributed by atoms with Crippen molar-refractivity contribution >= 4 is 11.9 Å². The van der Waals surface area contributed by atoms with Crippen molar-refractivity contribution in [3.8, 4) is 0 Å². The Morgan fingerprint density at radius 3 is 2.38 bits per heavy atom. The molecule has 1 unspecified atom stereocenters. The molecule has 0 aliphatic carbocycles. The van der Waals surface area contributed by atoms with Crippen LogP contribution < -0.4 is 0 Å². The van der Waals surface area contributed by atoms with Crippen LogP contribution in [0.3, 0.4) is 0 Å². The van der Waals surface area contributed by atoms with Crippen LogP contribution in [0.1, 0.15) is 17.5 Å². The van der Waals surface area contributed by atoms with Crippen LogP contribution in [0.15, 0.2) is 24.3 Å². The standard InChI is InChI=1S/C11H12O5/c1-7-3-2-4-8(5-7)11(16,10(14)15)6-9(12)13/h2-5,16H,6H2,1H3,(H,12,13)(H,14,15). The lowest BCUT2D eigenvalue weighted by molar-refractivity contribution is -0.166. The fourth-order valence-electron chi connectivity index (χ4n) is 1.42. The molecule has 0 amide bonds. The fraction of sp³-hybridized carbons (Fsp3) is 0.273. The van der Waals surface area contributed by atoms with Gasteiger partial charge in [-0.2, -0.15) is 0 Å². The smallest absolute Gasteiger partial charge is 0.341 e. The third-order valence-corrected chi connectivity index (χ3v) is 2.26. The van der Waals surface area contributed by atoms with Crippen molar-refractivity contribution in [3.05, 3.63) is 35.4 Å². The zero-order valence-electron chi connectivity index (χ0n) is 8.67. The summed E-state index contributed by atoms with van der Waals surface area (Å²) in [7, 11) is 0. The van der Waals surface area contributed by atoms with Gasteiger partial charge in [0.1, 0.15) is 0 Å². The molecule has 0 saturated carbocycles.